The molecule has 1 amide bonds. The van der Waals surface area contributed by atoms with Crippen molar-refractivity contribution in [2.45, 2.75) is 45.8 Å². The summed E-state index contributed by atoms with van der Waals surface area (Å²) >= 11 is 3.43. The van der Waals surface area contributed by atoms with Crippen molar-refractivity contribution < 1.29 is 14.1 Å². The van der Waals surface area contributed by atoms with Crippen LogP contribution in [0.15, 0.2) is 33.3 Å². The lowest BCUT2D eigenvalue weighted by Gasteiger charge is -2.30. The Labute approximate surface area is 180 Å². The summed E-state index contributed by atoms with van der Waals surface area (Å²) in [5.74, 6) is 1.29. The Bertz CT molecular complexity index is 778. The van der Waals surface area contributed by atoms with E-state index in [0.717, 1.165) is 35.8 Å². The molecule has 1 fully saturated rings. The molecule has 0 bridgehead atoms. The third kappa shape index (κ3) is 6.90. The highest BCUT2D eigenvalue weighted by molar-refractivity contribution is 9.10. The van der Waals surface area contributed by atoms with Crippen molar-refractivity contribution in [3.8, 4) is 11.4 Å². The molecule has 1 atom stereocenters. The first-order valence-corrected chi connectivity index (χ1v) is 11.0. The van der Waals surface area contributed by atoms with Crippen molar-refractivity contribution in [3.05, 3.63) is 34.6 Å². The van der Waals surface area contributed by atoms with E-state index >= 15 is 0 Å². The van der Waals surface area contributed by atoms with Crippen LogP contribution in [0, 0.1) is 5.92 Å². The molecule has 1 aliphatic rings. The molecule has 1 aromatic carbocycles. The molecule has 158 valence electrons. The van der Waals surface area contributed by atoms with E-state index in [9.17, 15) is 4.79 Å². The van der Waals surface area contributed by atoms with Gasteiger partial charge in [-0.05, 0) is 63.9 Å². The Kier molecular flexibility index (Phi) is 8.20. The zero-order valence-corrected chi connectivity index (χ0v) is 18.7. The summed E-state index contributed by atoms with van der Waals surface area (Å²) in [6.07, 6.45) is 2.97. The van der Waals surface area contributed by atoms with Gasteiger partial charge in [-0.25, -0.2) is 0 Å². The second kappa shape index (κ2) is 10.8. The van der Waals surface area contributed by atoms with Gasteiger partial charge in [-0.1, -0.05) is 21.1 Å². The van der Waals surface area contributed by atoms with Crippen LogP contribution in [0.1, 0.15) is 39.0 Å². The van der Waals surface area contributed by atoms with Crippen LogP contribution in [0.25, 0.3) is 11.4 Å². The second-order valence-corrected chi connectivity index (χ2v) is 8.57. The second-order valence-electron chi connectivity index (χ2n) is 7.66. The van der Waals surface area contributed by atoms with Crippen LogP contribution in [-0.2, 0) is 16.1 Å². The summed E-state index contributed by atoms with van der Waals surface area (Å²) in [4.78, 5) is 19.2. The van der Waals surface area contributed by atoms with Crippen LogP contribution in [0.4, 0.5) is 0 Å². The number of piperidine rings is 1. The summed E-state index contributed by atoms with van der Waals surface area (Å²) in [6.45, 7) is 7.57. The van der Waals surface area contributed by atoms with Crippen molar-refractivity contribution in [1.82, 2.24) is 20.4 Å². The number of likely N-dealkylation sites (tertiary alicyclic amines) is 1. The Morgan fingerprint density at radius 3 is 2.93 bits per heavy atom. The average Bonchev–Trinajstić information content (AvgIpc) is 3.16. The lowest BCUT2D eigenvalue weighted by atomic mass is 9.97. The molecule has 1 aliphatic heterocycles. The number of amides is 1. The summed E-state index contributed by atoms with van der Waals surface area (Å²) in [7, 11) is 0. The SMILES string of the molecule is CC(C)OCCCNC(=O)C1CCCN(Cc2nc(-c3ccc(Br)cc3)no2)C1. The summed E-state index contributed by atoms with van der Waals surface area (Å²) in [6, 6.07) is 7.81. The molecule has 0 saturated carbocycles. The van der Waals surface area contributed by atoms with Gasteiger partial charge in [0.05, 0.1) is 18.6 Å². The molecule has 0 aliphatic carbocycles. The van der Waals surface area contributed by atoms with Gasteiger partial charge < -0.3 is 14.6 Å². The molecule has 3 rings (SSSR count). The highest BCUT2D eigenvalue weighted by Gasteiger charge is 2.26. The molecule has 7 nitrogen and oxygen atoms in total. The van der Waals surface area contributed by atoms with Crippen molar-refractivity contribution in [2.75, 3.05) is 26.2 Å². The summed E-state index contributed by atoms with van der Waals surface area (Å²) in [5.41, 5.74) is 0.917. The minimum absolute atomic E-state index is 0.00336. The van der Waals surface area contributed by atoms with Crippen LogP contribution in [-0.4, -0.2) is 53.3 Å². The number of halogens is 1. The molecule has 1 saturated heterocycles. The molecule has 1 aromatic heterocycles. The highest BCUT2D eigenvalue weighted by Crippen LogP contribution is 2.21. The van der Waals surface area contributed by atoms with E-state index in [1.165, 1.54) is 0 Å². The Balaban J connectivity index is 1.46. The lowest BCUT2D eigenvalue weighted by Crippen LogP contribution is -2.43. The predicted octanol–water partition coefficient (Wildman–Crippen LogP) is 3.64. The third-order valence-corrected chi connectivity index (χ3v) is 5.41. The van der Waals surface area contributed by atoms with E-state index in [0.29, 0.717) is 38.0 Å². The fraction of sp³-hybridized carbons (Fsp3) is 0.571. The topological polar surface area (TPSA) is 80.5 Å². The Morgan fingerprint density at radius 1 is 1.38 bits per heavy atom. The number of aromatic nitrogens is 2. The fourth-order valence-electron chi connectivity index (χ4n) is 3.39. The molecule has 8 heteroatoms. The molecule has 2 aromatic rings. The normalized spacial score (nSPS) is 17.6. The largest absolute Gasteiger partial charge is 0.379 e. The first kappa shape index (κ1) is 21.9. The molecule has 0 radical (unpaired) electrons. The van der Waals surface area contributed by atoms with E-state index < -0.39 is 0 Å². The smallest absolute Gasteiger partial charge is 0.241 e. The Hall–Kier alpha value is -1.77. The first-order chi connectivity index (χ1) is 14.0. The molecule has 2 heterocycles. The third-order valence-electron chi connectivity index (χ3n) is 4.88. The standard InChI is InChI=1S/C21H29BrN4O3/c1-15(2)28-12-4-10-23-21(27)17-5-3-11-26(13-17)14-19-24-20(25-29-19)16-6-8-18(22)9-7-16/h6-9,15,17H,3-5,10-14H2,1-2H3,(H,23,27). The molecule has 29 heavy (non-hydrogen) atoms. The fourth-order valence-corrected chi connectivity index (χ4v) is 3.65. The van der Waals surface area contributed by atoms with Crippen LogP contribution in [0.5, 0.6) is 0 Å². The van der Waals surface area contributed by atoms with Gasteiger partial charge >= 0.3 is 0 Å². The van der Waals surface area contributed by atoms with Gasteiger partial charge in [0.25, 0.3) is 0 Å². The van der Waals surface area contributed by atoms with E-state index in [2.05, 4.69) is 36.3 Å². The number of ether oxygens (including phenoxy) is 1. The molecule has 0 spiro atoms. The van der Waals surface area contributed by atoms with Crippen molar-refractivity contribution in [1.29, 1.82) is 0 Å². The molecule has 1 N–H and O–H groups in total. The number of benzene rings is 1. The number of nitrogens with one attached hydrogen (secondary N) is 1. The van der Waals surface area contributed by atoms with Crippen LogP contribution < -0.4 is 5.32 Å². The van der Waals surface area contributed by atoms with Gasteiger partial charge in [-0.2, -0.15) is 4.98 Å². The van der Waals surface area contributed by atoms with E-state index in [1.54, 1.807) is 0 Å². The lowest BCUT2D eigenvalue weighted by molar-refractivity contribution is -0.126. The van der Waals surface area contributed by atoms with Gasteiger partial charge in [-0.3, -0.25) is 9.69 Å². The van der Waals surface area contributed by atoms with Gasteiger partial charge in [-0.15, -0.1) is 0 Å². The molecular weight excluding hydrogens is 436 g/mol. The number of nitrogens with zero attached hydrogens (tertiary/aromatic N) is 3. The number of carbonyl (C=O) groups is 1. The van der Waals surface area contributed by atoms with Crippen LogP contribution >= 0.6 is 15.9 Å². The number of hydrogen-bond donors (Lipinski definition) is 1. The highest BCUT2D eigenvalue weighted by atomic mass is 79.9. The number of rotatable bonds is 9. The van der Waals surface area contributed by atoms with Crippen LogP contribution in [0.3, 0.4) is 0 Å². The molecular formula is C21H29BrN4O3. The predicted molar refractivity (Wildman–Crippen MR) is 114 cm³/mol. The monoisotopic (exact) mass is 464 g/mol. The Morgan fingerprint density at radius 2 is 2.17 bits per heavy atom. The summed E-state index contributed by atoms with van der Waals surface area (Å²) < 4.78 is 11.9. The van der Waals surface area contributed by atoms with E-state index in [1.807, 2.05) is 38.1 Å². The van der Waals surface area contributed by atoms with Gasteiger partial charge in [0, 0.05) is 29.7 Å². The van der Waals surface area contributed by atoms with Gasteiger partial charge in [0.2, 0.25) is 17.6 Å². The maximum absolute atomic E-state index is 12.5. The van der Waals surface area contributed by atoms with Crippen molar-refractivity contribution >= 4 is 21.8 Å². The minimum Gasteiger partial charge on any atom is -0.379 e. The zero-order chi connectivity index (χ0) is 20.6. The number of carbonyl (C=O) groups excluding carboxylic acids is 1. The van der Waals surface area contributed by atoms with Gasteiger partial charge in [0.1, 0.15) is 0 Å². The van der Waals surface area contributed by atoms with Crippen molar-refractivity contribution in [2.24, 2.45) is 5.92 Å². The van der Waals surface area contributed by atoms with Crippen molar-refractivity contribution in [3.63, 3.8) is 0 Å². The van der Waals surface area contributed by atoms with Gasteiger partial charge in [0.15, 0.2) is 0 Å². The zero-order valence-electron chi connectivity index (χ0n) is 17.1. The summed E-state index contributed by atoms with van der Waals surface area (Å²) in [5, 5.41) is 7.13. The van der Waals surface area contributed by atoms with E-state index in [4.69, 9.17) is 9.26 Å². The minimum atomic E-state index is 0.00336. The molecule has 1 unspecified atom stereocenters. The maximum Gasteiger partial charge on any atom is 0.241 e. The average molecular weight is 465 g/mol. The quantitative estimate of drug-likeness (QED) is 0.570. The first-order valence-electron chi connectivity index (χ1n) is 10.2. The number of hydrogen-bond acceptors (Lipinski definition) is 6. The maximum atomic E-state index is 12.5. The van der Waals surface area contributed by atoms with Crippen LogP contribution in [0.2, 0.25) is 0 Å². The van der Waals surface area contributed by atoms with E-state index in [-0.39, 0.29) is 17.9 Å².